The van der Waals surface area contributed by atoms with Gasteiger partial charge in [0.05, 0.1) is 6.17 Å². The molecule has 0 radical (unpaired) electrons. The number of ketones is 2. The van der Waals surface area contributed by atoms with Crippen molar-refractivity contribution in [3.05, 3.63) is 24.4 Å². The smallest absolute Gasteiger partial charge is 0.227 e. The van der Waals surface area contributed by atoms with Crippen LogP contribution in [0.3, 0.4) is 0 Å². The van der Waals surface area contributed by atoms with E-state index in [0.717, 1.165) is 12.8 Å². The zero-order chi connectivity index (χ0) is 15.8. The Kier molecular flexibility index (Phi) is 8.07. The van der Waals surface area contributed by atoms with Crippen molar-refractivity contribution in [3.8, 4) is 0 Å². The zero-order valence-electron chi connectivity index (χ0n) is 13.6. The molecule has 20 heavy (non-hydrogen) atoms. The second-order valence-corrected chi connectivity index (χ2v) is 4.99. The van der Waals surface area contributed by atoms with Gasteiger partial charge in [0.1, 0.15) is 0 Å². The molecule has 0 aliphatic carbocycles. The maximum Gasteiger partial charge on any atom is 0.227 e. The molecular formula is C16H28N2O2. The third-order valence-corrected chi connectivity index (χ3v) is 3.41. The maximum atomic E-state index is 11.6. The monoisotopic (exact) mass is 280 g/mol. The van der Waals surface area contributed by atoms with E-state index in [-0.39, 0.29) is 11.6 Å². The van der Waals surface area contributed by atoms with E-state index in [1.165, 1.54) is 12.2 Å². The number of nitrogens with one attached hydrogen (secondary N) is 1. The van der Waals surface area contributed by atoms with Crippen LogP contribution >= 0.6 is 0 Å². The van der Waals surface area contributed by atoms with Crippen LogP contribution in [0.2, 0.25) is 0 Å². The van der Waals surface area contributed by atoms with Crippen LogP contribution in [0, 0.1) is 5.41 Å². The second kappa shape index (κ2) is 8.69. The van der Waals surface area contributed by atoms with Gasteiger partial charge in [-0.1, -0.05) is 40.2 Å². The van der Waals surface area contributed by atoms with Gasteiger partial charge in [-0.2, -0.15) is 0 Å². The van der Waals surface area contributed by atoms with E-state index in [1.807, 2.05) is 38.9 Å². The Morgan fingerprint density at radius 1 is 1.25 bits per heavy atom. The summed E-state index contributed by atoms with van der Waals surface area (Å²) >= 11 is 0. The highest BCUT2D eigenvalue weighted by Crippen LogP contribution is 2.31. The van der Waals surface area contributed by atoms with Gasteiger partial charge < -0.3 is 4.90 Å². The zero-order valence-corrected chi connectivity index (χ0v) is 13.6. The van der Waals surface area contributed by atoms with Crippen LogP contribution in [0.25, 0.3) is 0 Å². The van der Waals surface area contributed by atoms with Crippen molar-refractivity contribution >= 4 is 11.6 Å². The second-order valence-electron chi connectivity index (χ2n) is 4.99. The van der Waals surface area contributed by atoms with E-state index in [4.69, 9.17) is 0 Å². The lowest BCUT2D eigenvalue weighted by Gasteiger charge is -2.40. The van der Waals surface area contributed by atoms with E-state index >= 15 is 0 Å². The molecule has 2 atom stereocenters. The van der Waals surface area contributed by atoms with E-state index in [2.05, 4.69) is 19.2 Å². The topological polar surface area (TPSA) is 49.4 Å². The summed E-state index contributed by atoms with van der Waals surface area (Å²) in [5.41, 5.74) is -0.192. The van der Waals surface area contributed by atoms with Gasteiger partial charge in [-0.15, -0.1) is 0 Å². The van der Waals surface area contributed by atoms with Gasteiger partial charge in [0.25, 0.3) is 0 Å². The van der Waals surface area contributed by atoms with Gasteiger partial charge in [-0.05, 0) is 19.5 Å². The molecule has 0 amide bonds. The van der Waals surface area contributed by atoms with Crippen molar-refractivity contribution in [1.29, 1.82) is 0 Å². The summed E-state index contributed by atoms with van der Waals surface area (Å²) in [5, 5.41) is 3.26. The minimum absolute atomic E-state index is 0.0450. The van der Waals surface area contributed by atoms with Crippen LogP contribution in [0.4, 0.5) is 0 Å². The molecule has 0 aromatic rings. The highest BCUT2D eigenvalue weighted by atomic mass is 16.2. The lowest BCUT2D eigenvalue weighted by Crippen LogP contribution is -2.49. The first-order valence-corrected chi connectivity index (χ1v) is 7.29. The third kappa shape index (κ3) is 4.60. The van der Waals surface area contributed by atoms with Crippen LogP contribution < -0.4 is 5.32 Å². The Labute approximate surface area is 122 Å². The normalized spacial score (nSPS) is 29.7. The molecule has 4 heteroatoms. The molecular weight excluding hydrogens is 252 g/mol. The summed E-state index contributed by atoms with van der Waals surface area (Å²) in [6, 6.07) is 0. The van der Waals surface area contributed by atoms with Crippen molar-refractivity contribution < 1.29 is 9.59 Å². The Bertz CT molecular complexity index is 388. The Hall–Kier alpha value is -1.42. The molecule has 0 bridgehead atoms. The summed E-state index contributed by atoms with van der Waals surface area (Å²) < 4.78 is 0. The first-order chi connectivity index (χ1) is 9.44. The number of carbonyl (C=O) groups excluding carboxylic acids is 2. The molecule has 1 N–H and O–H groups in total. The molecule has 0 fully saturated rings. The first kappa shape index (κ1) is 18.6. The minimum atomic E-state index is -0.478. The van der Waals surface area contributed by atoms with Crippen LogP contribution in [0.1, 0.15) is 40.5 Å². The Morgan fingerprint density at radius 2 is 1.80 bits per heavy atom. The summed E-state index contributed by atoms with van der Waals surface area (Å²) in [6.07, 6.45) is 8.26. The van der Waals surface area contributed by atoms with E-state index < -0.39 is 11.6 Å². The van der Waals surface area contributed by atoms with Crippen molar-refractivity contribution in [2.45, 2.75) is 46.7 Å². The fourth-order valence-corrected chi connectivity index (χ4v) is 2.55. The van der Waals surface area contributed by atoms with Gasteiger partial charge in [0, 0.05) is 24.7 Å². The lowest BCUT2D eigenvalue weighted by atomic mass is 9.81. The largest absolute Gasteiger partial charge is 0.364 e. The molecule has 1 rings (SSSR count). The van der Waals surface area contributed by atoms with E-state index in [1.54, 1.807) is 6.20 Å². The lowest BCUT2D eigenvalue weighted by molar-refractivity contribution is -0.130. The number of carbonyl (C=O) groups is 2. The SMILES string of the molecule is CC.CCCC1(C)/C=C/C(=O)C(=O)/C=C/N(C)C1NC. The summed E-state index contributed by atoms with van der Waals surface area (Å²) in [5.74, 6) is -0.938. The predicted molar refractivity (Wildman–Crippen MR) is 83.3 cm³/mol. The van der Waals surface area contributed by atoms with Crippen LogP contribution in [0.15, 0.2) is 24.4 Å². The van der Waals surface area contributed by atoms with Gasteiger partial charge >= 0.3 is 0 Å². The minimum Gasteiger partial charge on any atom is -0.364 e. The molecule has 0 aromatic carbocycles. The quantitative estimate of drug-likeness (QED) is 0.807. The molecule has 114 valence electrons. The summed E-state index contributed by atoms with van der Waals surface area (Å²) in [4.78, 5) is 25.0. The van der Waals surface area contributed by atoms with Gasteiger partial charge in [0.2, 0.25) is 11.6 Å². The molecule has 1 heterocycles. The van der Waals surface area contributed by atoms with E-state index in [9.17, 15) is 9.59 Å². The molecule has 0 spiro atoms. The van der Waals surface area contributed by atoms with Crippen molar-refractivity contribution in [2.75, 3.05) is 14.1 Å². The molecule has 4 nitrogen and oxygen atoms in total. The highest BCUT2D eigenvalue weighted by Gasteiger charge is 2.33. The summed E-state index contributed by atoms with van der Waals surface area (Å²) in [7, 11) is 3.79. The predicted octanol–water partition coefficient (Wildman–Crippen LogP) is 2.52. The Morgan fingerprint density at radius 3 is 2.30 bits per heavy atom. The fraction of sp³-hybridized carbons (Fsp3) is 0.625. The fourth-order valence-electron chi connectivity index (χ4n) is 2.55. The average molecular weight is 280 g/mol. The summed E-state index contributed by atoms with van der Waals surface area (Å²) in [6.45, 7) is 8.21. The van der Waals surface area contributed by atoms with Crippen LogP contribution in [-0.2, 0) is 9.59 Å². The van der Waals surface area contributed by atoms with E-state index in [0.29, 0.717) is 0 Å². The standard InChI is InChI=1S/C14H22N2O2.C2H6/c1-5-8-14(2)9-6-11(17)12(18)7-10-16(4)13(14)15-3;1-2/h6-7,9-10,13,15H,5,8H2,1-4H3;1-2H3/b9-6+,10-7+;. The Balaban J connectivity index is 0.00000172. The van der Waals surface area contributed by atoms with Crippen LogP contribution in [-0.4, -0.2) is 36.7 Å². The molecule has 0 saturated carbocycles. The number of hydrogen-bond donors (Lipinski definition) is 1. The average Bonchev–Trinajstić information content (AvgIpc) is 2.47. The van der Waals surface area contributed by atoms with Crippen molar-refractivity contribution in [3.63, 3.8) is 0 Å². The number of allylic oxidation sites excluding steroid dienone is 2. The van der Waals surface area contributed by atoms with Gasteiger partial charge in [-0.25, -0.2) is 0 Å². The number of hydrogen-bond acceptors (Lipinski definition) is 4. The first-order valence-electron chi connectivity index (χ1n) is 7.29. The van der Waals surface area contributed by atoms with Gasteiger partial charge in [0.15, 0.2) is 0 Å². The molecule has 0 saturated heterocycles. The molecule has 1 aliphatic heterocycles. The maximum absolute atomic E-state index is 11.6. The van der Waals surface area contributed by atoms with Crippen molar-refractivity contribution in [1.82, 2.24) is 10.2 Å². The van der Waals surface area contributed by atoms with Crippen molar-refractivity contribution in [2.24, 2.45) is 5.41 Å². The molecule has 0 aromatic heterocycles. The highest BCUT2D eigenvalue weighted by molar-refractivity contribution is 6.45. The number of nitrogens with zero attached hydrogens (tertiary/aromatic N) is 1. The number of rotatable bonds is 3. The van der Waals surface area contributed by atoms with Crippen LogP contribution in [0.5, 0.6) is 0 Å². The molecule has 1 aliphatic rings. The van der Waals surface area contributed by atoms with Gasteiger partial charge in [-0.3, -0.25) is 14.9 Å². The third-order valence-electron chi connectivity index (χ3n) is 3.41. The molecule has 2 unspecified atom stereocenters.